The molecule has 0 aromatic heterocycles. The van der Waals surface area contributed by atoms with Crippen LogP contribution in [0.25, 0.3) is 0 Å². The molecule has 0 radical (unpaired) electrons. The van der Waals surface area contributed by atoms with Gasteiger partial charge in [0.25, 0.3) is 0 Å². The number of anilines is 1. The molecule has 1 aliphatic rings. The zero-order valence-corrected chi connectivity index (χ0v) is 13.7. The standard InChI is InChI=1S/C12H18N2O.Cl2O2S/c1-13-7-9-14(10-8-13)11-5-3-4-6-12(11)15-2;1-5(2,3)4/h3-6H,7-10H2,1-2H3;. The molecule has 0 atom stereocenters. The van der Waals surface area contributed by atoms with Gasteiger partial charge in [0.2, 0.25) is 0 Å². The molecule has 0 amide bonds. The van der Waals surface area contributed by atoms with Gasteiger partial charge in [-0.15, -0.1) is 0 Å². The zero-order valence-electron chi connectivity index (χ0n) is 11.4. The second-order valence-electron chi connectivity index (χ2n) is 4.34. The quantitative estimate of drug-likeness (QED) is 0.772. The summed E-state index contributed by atoms with van der Waals surface area (Å²) in [7, 11) is 8.71. The van der Waals surface area contributed by atoms with Crippen LogP contribution in [0.5, 0.6) is 5.75 Å². The maximum atomic E-state index is 9.16. The summed E-state index contributed by atoms with van der Waals surface area (Å²) >= 11 is 0. The van der Waals surface area contributed by atoms with Crippen LogP contribution in [-0.4, -0.2) is 53.7 Å². The van der Waals surface area contributed by atoms with Gasteiger partial charge >= 0.3 is 8.26 Å². The molecule has 1 aromatic carbocycles. The molecule has 20 heavy (non-hydrogen) atoms. The van der Waals surface area contributed by atoms with Crippen LogP contribution in [0.4, 0.5) is 5.69 Å². The molecule has 1 aliphatic heterocycles. The minimum absolute atomic E-state index is 0.974. The minimum atomic E-state index is -3.72. The lowest BCUT2D eigenvalue weighted by Gasteiger charge is -2.34. The summed E-state index contributed by atoms with van der Waals surface area (Å²) in [4.78, 5) is 4.74. The average molecular weight is 341 g/mol. The van der Waals surface area contributed by atoms with E-state index >= 15 is 0 Å². The Morgan fingerprint density at radius 1 is 1.10 bits per heavy atom. The second-order valence-corrected chi connectivity index (χ2v) is 8.01. The third-order valence-corrected chi connectivity index (χ3v) is 2.93. The van der Waals surface area contributed by atoms with Gasteiger partial charge < -0.3 is 14.5 Å². The summed E-state index contributed by atoms with van der Waals surface area (Å²) in [6, 6.07) is 8.23. The normalized spacial score (nSPS) is 16.3. The van der Waals surface area contributed by atoms with Gasteiger partial charge in [-0.3, -0.25) is 0 Å². The summed E-state index contributed by atoms with van der Waals surface area (Å²) in [6.45, 7) is 4.41. The predicted molar refractivity (Wildman–Crippen MR) is 83.3 cm³/mol. The van der Waals surface area contributed by atoms with Crippen molar-refractivity contribution >= 4 is 35.3 Å². The van der Waals surface area contributed by atoms with Crippen LogP contribution in [-0.2, 0) is 8.26 Å². The highest BCUT2D eigenvalue weighted by Gasteiger charge is 2.16. The van der Waals surface area contributed by atoms with Crippen LogP contribution in [0.2, 0.25) is 0 Å². The van der Waals surface area contributed by atoms with Gasteiger partial charge in [-0.25, -0.2) is 0 Å². The van der Waals surface area contributed by atoms with Crippen molar-refractivity contribution < 1.29 is 13.2 Å². The molecule has 0 unspecified atom stereocenters. The fraction of sp³-hybridized carbons (Fsp3) is 0.500. The highest BCUT2D eigenvalue weighted by atomic mass is 36.0. The van der Waals surface area contributed by atoms with Gasteiger partial charge in [0, 0.05) is 47.5 Å². The molecule has 1 heterocycles. The van der Waals surface area contributed by atoms with Crippen LogP contribution in [0.3, 0.4) is 0 Å². The van der Waals surface area contributed by atoms with E-state index in [1.807, 2.05) is 12.1 Å². The van der Waals surface area contributed by atoms with E-state index in [2.05, 4.69) is 50.3 Å². The number of halogens is 2. The smallest absolute Gasteiger partial charge is 0.317 e. The van der Waals surface area contributed by atoms with Crippen LogP contribution in [0.1, 0.15) is 0 Å². The molecule has 8 heteroatoms. The molecule has 0 bridgehead atoms. The number of likely N-dealkylation sites (N-methyl/N-ethyl adjacent to an activating group) is 1. The molecule has 1 saturated heterocycles. The Bertz CT molecular complexity index is 509. The molecule has 1 aromatic rings. The lowest BCUT2D eigenvalue weighted by molar-refractivity contribution is 0.311. The highest BCUT2D eigenvalue weighted by molar-refractivity contribution is 8.31. The Morgan fingerprint density at radius 3 is 2.10 bits per heavy atom. The van der Waals surface area contributed by atoms with Gasteiger partial charge in [-0.2, -0.15) is 8.42 Å². The van der Waals surface area contributed by atoms with Crippen molar-refractivity contribution in [2.24, 2.45) is 0 Å². The SMILES string of the molecule is COc1ccccc1N1CCN(C)CC1.O=S(=O)(Cl)Cl. The number of benzene rings is 1. The van der Waals surface area contributed by atoms with Gasteiger partial charge in [-0.05, 0) is 19.2 Å². The molecule has 0 N–H and O–H groups in total. The number of nitrogens with zero attached hydrogens (tertiary/aromatic N) is 2. The predicted octanol–water partition coefficient (Wildman–Crippen LogP) is 2.16. The molecule has 114 valence electrons. The van der Waals surface area contributed by atoms with Crippen molar-refractivity contribution in [1.29, 1.82) is 0 Å². The Labute approximate surface area is 128 Å². The first-order valence-electron chi connectivity index (χ1n) is 6.02. The van der Waals surface area contributed by atoms with Crippen molar-refractivity contribution in [2.45, 2.75) is 0 Å². The number of rotatable bonds is 2. The number of ether oxygens (including phenoxy) is 1. The van der Waals surface area contributed by atoms with Crippen molar-refractivity contribution in [3.8, 4) is 5.75 Å². The summed E-state index contributed by atoms with van der Waals surface area (Å²) in [5.41, 5.74) is 1.22. The monoisotopic (exact) mass is 340 g/mol. The third kappa shape index (κ3) is 6.65. The van der Waals surface area contributed by atoms with Crippen LogP contribution < -0.4 is 9.64 Å². The van der Waals surface area contributed by atoms with E-state index in [0.717, 1.165) is 31.9 Å². The van der Waals surface area contributed by atoms with E-state index in [0.29, 0.717) is 0 Å². The number of piperazine rings is 1. The maximum absolute atomic E-state index is 9.16. The molecule has 0 spiro atoms. The Hall–Kier alpha value is -0.690. The van der Waals surface area contributed by atoms with E-state index in [1.165, 1.54) is 5.69 Å². The van der Waals surface area contributed by atoms with Crippen LogP contribution in [0.15, 0.2) is 24.3 Å². The lowest BCUT2D eigenvalue weighted by Crippen LogP contribution is -2.44. The van der Waals surface area contributed by atoms with Crippen molar-refractivity contribution in [1.82, 2.24) is 4.90 Å². The first-order valence-corrected chi connectivity index (χ1v) is 9.15. The molecular weight excluding hydrogens is 323 g/mol. The average Bonchev–Trinajstić information content (AvgIpc) is 2.38. The van der Waals surface area contributed by atoms with Crippen molar-refractivity contribution in [2.75, 3.05) is 45.2 Å². The molecule has 2 rings (SSSR count). The molecular formula is C12H18Cl2N2O3S. The first kappa shape index (κ1) is 17.4. The van der Waals surface area contributed by atoms with E-state index in [-0.39, 0.29) is 0 Å². The Morgan fingerprint density at radius 2 is 1.60 bits per heavy atom. The zero-order chi connectivity index (χ0) is 15.2. The van der Waals surface area contributed by atoms with Gasteiger partial charge in [-0.1, -0.05) is 12.1 Å². The van der Waals surface area contributed by atoms with E-state index in [4.69, 9.17) is 13.2 Å². The first-order chi connectivity index (χ1) is 9.31. The van der Waals surface area contributed by atoms with E-state index < -0.39 is 8.26 Å². The van der Waals surface area contributed by atoms with E-state index in [9.17, 15) is 0 Å². The maximum Gasteiger partial charge on any atom is 0.317 e. The number of hydrogen-bond donors (Lipinski definition) is 0. The molecule has 1 fully saturated rings. The summed E-state index contributed by atoms with van der Waals surface area (Å²) in [5, 5.41) is 0. The van der Waals surface area contributed by atoms with Crippen LogP contribution >= 0.6 is 21.4 Å². The number of hydrogen-bond acceptors (Lipinski definition) is 5. The summed E-state index contributed by atoms with van der Waals surface area (Å²) in [6.07, 6.45) is 0. The van der Waals surface area contributed by atoms with Gasteiger partial charge in [0.05, 0.1) is 12.8 Å². The molecule has 0 aliphatic carbocycles. The highest BCUT2D eigenvalue weighted by Crippen LogP contribution is 2.27. The van der Waals surface area contributed by atoms with Gasteiger partial charge in [0.1, 0.15) is 5.75 Å². The molecule has 0 saturated carbocycles. The second kappa shape index (κ2) is 7.93. The molecule has 5 nitrogen and oxygen atoms in total. The number of para-hydroxylation sites is 2. The van der Waals surface area contributed by atoms with E-state index in [1.54, 1.807) is 7.11 Å². The fourth-order valence-corrected chi connectivity index (χ4v) is 1.94. The Kier molecular flexibility index (Phi) is 6.88. The third-order valence-electron chi connectivity index (χ3n) is 2.93. The summed E-state index contributed by atoms with van der Waals surface area (Å²) in [5.74, 6) is 0.974. The minimum Gasteiger partial charge on any atom is -0.495 e. The largest absolute Gasteiger partial charge is 0.495 e. The van der Waals surface area contributed by atoms with Crippen LogP contribution in [0, 0.1) is 0 Å². The topological polar surface area (TPSA) is 49.9 Å². The summed E-state index contributed by atoms with van der Waals surface area (Å²) < 4.78 is 23.7. The fourth-order valence-electron chi connectivity index (χ4n) is 1.94. The Balaban J connectivity index is 0.000000347. The van der Waals surface area contributed by atoms with Crippen molar-refractivity contribution in [3.05, 3.63) is 24.3 Å². The lowest BCUT2D eigenvalue weighted by atomic mass is 10.2. The van der Waals surface area contributed by atoms with Gasteiger partial charge in [0.15, 0.2) is 0 Å². The van der Waals surface area contributed by atoms with Crippen molar-refractivity contribution in [3.63, 3.8) is 0 Å². The number of methoxy groups -OCH3 is 1.